The van der Waals surface area contributed by atoms with E-state index in [0.29, 0.717) is 12.1 Å². The first-order valence-corrected chi connectivity index (χ1v) is 8.32. The standard InChI is InChI=1S/C18H29NO2/c1-4-6-12-21-17-10-7-14-13-15(20-3)8-9-16(14)18(17)19-11-5-2/h8-9,13,17-19H,4-7,10-12H2,1-3H3. The van der Waals surface area contributed by atoms with Crippen LogP contribution in [0.5, 0.6) is 5.75 Å². The molecule has 2 atom stereocenters. The molecule has 1 aliphatic carbocycles. The number of rotatable bonds is 8. The SMILES string of the molecule is CCCCOC1CCc2cc(OC)ccc2C1NCCC. The van der Waals surface area contributed by atoms with Gasteiger partial charge in [0.1, 0.15) is 5.75 Å². The van der Waals surface area contributed by atoms with Crippen molar-refractivity contribution in [2.24, 2.45) is 0 Å². The summed E-state index contributed by atoms with van der Waals surface area (Å²) in [5.41, 5.74) is 2.79. The summed E-state index contributed by atoms with van der Waals surface area (Å²) in [7, 11) is 1.73. The molecule has 21 heavy (non-hydrogen) atoms. The third kappa shape index (κ3) is 4.21. The van der Waals surface area contributed by atoms with Gasteiger partial charge in [-0.25, -0.2) is 0 Å². The highest BCUT2D eigenvalue weighted by Gasteiger charge is 2.29. The van der Waals surface area contributed by atoms with E-state index >= 15 is 0 Å². The van der Waals surface area contributed by atoms with E-state index in [4.69, 9.17) is 9.47 Å². The van der Waals surface area contributed by atoms with E-state index in [1.165, 1.54) is 17.5 Å². The van der Waals surface area contributed by atoms with E-state index in [1.54, 1.807) is 7.11 Å². The number of nitrogens with one attached hydrogen (secondary N) is 1. The molecule has 2 unspecified atom stereocenters. The van der Waals surface area contributed by atoms with Gasteiger partial charge in [-0.05, 0) is 55.5 Å². The van der Waals surface area contributed by atoms with Crippen molar-refractivity contribution in [3.05, 3.63) is 29.3 Å². The lowest BCUT2D eigenvalue weighted by atomic mass is 9.85. The summed E-state index contributed by atoms with van der Waals surface area (Å²) < 4.78 is 11.5. The molecule has 0 fully saturated rings. The Bertz CT molecular complexity index is 433. The number of aryl methyl sites for hydroxylation is 1. The van der Waals surface area contributed by atoms with Gasteiger partial charge in [0.2, 0.25) is 0 Å². The quantitative estimate of drug-likeness (QED) is 0.738. The molecule has 1 N–H and O–H groups in total. The average Bonchev–Trinajstić information content (AvgIpc) is 2.53. The Hall–Kier alpha value is -1.06. The Balaban J connectivity index is 2.13. The van der Waals surface area contributed by atoms with Gasteiger partial charge in [0, 0.05) is 6.61 Å². The molecular weight excluding hydrogens is 262 g/mol. The summed E-state index contributed by atoms with van der Waals surface area (Å²) in [5, 5.41) is 3.68. The van der Waals surface area contributed by atoms with Gasteiger partial charge < -0.3 is 14.8 Å². The molecule has 0 aliphatic heterocycles. The van der Waals surface area contributed by atoms with Crippen molar-refractivity contribution < 1.29 is 9.47 Å². The second-order valence-corrected chi connectivity index (χ2v) is 5.80. The smallest absolute Gasteiger partial charge is 0.119 e. The van der Waals surface area contributed by atoms with Crippen LogP contribution in [0.4, 0.5) is 0 Å². The third-order valence-electron chi connectivity index (χ3n) is 4.20. The number of unbranched alkanes of at least 4 members (excludes halogenated alkanes) is 1. The van der Waals surface area contributed by atoms with Crippen LogP contribution in [0, 0.1) is 0 Å². The summed E-state index contributed by atoms with van der Waals surface area (Å²) in [5.74, 6) is 0.952. The Morgan fingerprint density at radius 3 is 2.81 bits per heavy atom. The van der Waals surface area contributed by atoms with E-state index in [1.807, 2.05) is 0 Å². The number of ether oxygens (including phenoxy) is 2. The Labute approximate surface area is 129 Å². The van der Waals surface area contributed by atoms with E-state index in [9.17, 15) is 0 Å². The third-order valence-corrected chi connectivity index (χ3v) is 4.20. The van der Waals surface area contributed by atoms with Crippen LogP contribution in [-0.2, 0) is 11.2 Å². The molecule has 1 aromatic carbocycles. The summed E-state index contributed by atoms with van der Waals surface area (Å²) in [6.45, 7) is 6.32. The fraction of sp³-hybridized carbons (Fsp3) is 0.667. The predicted molar refractivity (Wildman–Crippen MR) is 87.0 cm³/mol. The van der Waals surface area contributed by atoms with Crippen LogP contribution in [0.15, 0.2) is 18.2 Å². The van der Waals surface area contributed by atoms with Crippen LogP contribution in [-0.4, -0.2) is 26.4 Å². The fourth-order valence-electron chi connectivity index (χ4n) is 2.99. The zero-order valence-corrected chi connectivity index (χ0v) is 13.7. The molecular formula is C18H29NO2. The van der Waals surface area contributed by atoms with Crippen LogP contribution in [0.1, 0.15) is 56.7 Å². The highest BCUT2D eigenvalue weighted by Crippen LogP contribution is 2.34. The van der Waals surface area contributed by atoms with Gasteiger partial charge in [0.05, 0.1) is 19.3 Å². The van der Waals surface area contributed by atoms with Crippen molar-refractivity contribution in [2.45, 2.75) is 58.1 Å². The van der Waals surface area contributed by atoms with E-state index < -0.39 is 0 Å². The minimum atomic E-state index is 0.295. The normalized spacial score (nSPS) is 21.1. The van der Waals surface area contributed by atoms with Crippen molar-refractivity contribution in [1.82, 2.24) is 5.32 Å². The maximum Gasteiger partial charge on any atom is 0.119 e. The van der Waals surface area contributed by atoms with Crippen LogP contribution in [0.3, 0.4) is 0 Å². The monoisotopic (exact) mass is 291 g/mol. The maximum absolute atomic E-state index is 6.15. The van der Waals surface area contributed by atoms with Crippen molar-refractivity contribution in [3.63, 3.8) is 0 Å². The molecule has 0 amide bonds. The van der Waals surface area contributed by atoms with Gasteiger partial charge in [-0.3, -0.25) is 0 Å². The molecule has 0 saturated heterocycles. The molecule has 0 bridgehead atoms. The highest BCUT2D eigenvalue weighted by atomic mass is 16.5. The lowest BCUT2D eigenvalue weighted by molar-refractivity contribution is 0.0142. The molecule has 0 saturated carbocycles. The second kappa shape index (κ2) is 8.40. The molecule has 1 aromatic rings. The number of hydrogen-bond donors (Lipinski definition) is 1. The van der Waals surface area contributed by atoms with Gasteiger partial charge in [0.25, 0.3) is 0 Å². The highest BCUT2D eigenvalue weighted by molar-refractivity contribution is 5.40. The van der Waals surface area contributed by atoms with Crippen molar-refractivity contribution >= 4 is 0 Å². The Morgan fingerprint density at radius 1 is 1.24 bits per heavy atom. The van der Waals surface area contributed by atoms with E-state index in [2.05, 4.69) is 37.4 Å². The van der Waals surface area contributed by atoms with Gasteiger partial charge in [-0.1, -0.05) is 26.3 Å². The molecule has 118 valence electrons. The molecule has 0 heterocycles. The first-order valence-electron chi connectivity index (χ1n) is 8.32. The Kier molecular flexibility index (Phi) is 6.52. The lowest BCUT2D eigenvalue weighted by Crippen LogP contribution is -2.38. The van der Waals surface area contributed by atoms with Crippen molar-refractivity contribution in [3.8, 4) is 5.75 Å². The predicted octanol–water partition coefficient (Wildman–Crippen LogP) is 3.87. The molecule has 1 aliphatic rings. The van der Waals surface area contributed by atoms with Crippen LogP contribution in [0.2, 0.25) is 0 Å². The summed E-state index contributed by atoms with van der Waals surface area (Å²) in [6, 6.07) is 6.76. The molecule has 0 spiro atoms. The van der Waals surface area contributed by atoms with Gasteiger partial charge >= 0.3 is 0 Å². The topological polar surface area (TPSA) is 30.5 Å². The number of hydrogen-bond acceptors (Lipinski definition) is 3. The average molecular weight is 291 g/mol. The zero-order chi connectivity index (χ0) is 15.1. The first kappa shape index (κ1) is 16.3. The molecule has 2 rings (SSSR count). The minimum Gasteiger partial charge on any atom is -0.497 e. The second-order valence-electron chi connectivity index (χ2n) is 5.80. The number of fused-ring (bicyclic) bond motifs is 1. The minimum absolute atomic E-state index is 0.295. The van der Waals surface area contributed by atoms with Gasteiger partial charge in [0.15, 0.2) is 0 Å². The molecule has 0 radical (unpaired) electrons. The number of methoxy groups -OCH3 is 1. The molecule has 0 aromatic heterocycles. The largest absolute Gasteiger partial charge is 0.497 e. The zero-order valence-electron chi connectivity index (χ0n) is 13.7. The Morgan fingerprint density at radius 2 is 2.10 bits per heavy atom. The van der Waals surface area contributed by atoms with Crippen LogP contribution in [0.25, 0.3) is 0 Å². The fourth-order valence-corrected chi connectivity index (χ4v) is 2.99. The summed E-state index contributed by atoms with van der Waals surface area (Å²) in [4.78, 5) is 0. The first-order chi connectivity index (χ1) is 10.3. The lowest BCUT2D eigenvalue weighted by Gasteiger charge is -2.34. The molecule has 3 nitrogen and oxygen atoms in total. The van der Waals surface area contributed by atoms with Crippen LogP contribution < -0.4 is 10.1 Å². The maximum atomic E-state index is 6.15. The van der Waals surface area contributed by atoms with E-state index in [0.717, 1.165) is 44.6 Å². The van der Waals surface area contributed by atoms with Gasteiger partial charge in [-0.2, -0.15) is 0 Å². The summed E-state index contributed by atoms with van der Waals surface area (Å²) in [6.07, 6.45) is 5.94. The van der Waals surface area contributed by atoms with Crippen LogP contribution >= 0.6 is 0 Å². The summed E-state index contributed by atoms with van der Waals surface area (Å²) >= 11 is 0. The van der Waals surface area contributed by atoms with Crippen molar-refractivity contribution in [1.29, 1.82) is 0 Å². The van der Waals surface area contributed by atoms with E-state index in [-0.39, 0.29) is 0 Å². The van der Waals surface area contributed by atoms with Gasteiger partial charge in [-0.15, -0.1) is 0 Å². The molecule has 3 heteroatoms. The van der Waals surface area contributed by atoms with Crippen molar-refractivity contribution in [2.75, 3.05) is 20.3 Å². The number of benzene rings is 1.